The van der Waals surface area contributed by atoms with Gasteiger partial charge in [0.05, 0.1) is 18.9 Å². The average molecular weight is 207 g/mol. The zero-order valence-corrected chi connectivity index (χ0v) is 9.02. The third-order valence-corrected chi connectivity index (χ3v) is 2.71. The minimum absolute atomic E-state index is 0.460. The zero-order valence-electron chi connectivity index (χ0n) is 9.02. The van der Waals surface area contributed by atoms with Gasteiger partial charge in [-0.05, 0) is 19.1 Å². The van der Waals surface area contributed by atoms with Gasteiger partial charge in [-0.1, -0.05) is 0 Å². The molecule has 2 heterocycles. The number of pyridine rings is 1. The van der Waals surface area contributed by atoms with E-state index in [1.54, 1.807) is 6.20 Å². The van der Waals surface area contributed by atoms with Crippen LogP contribution in [0.4, 0.5) is 5.69 Å². The van der Waals surface area contributed by atoms with Crippen LogP contribution >= 0.6 is 0 Å². The third-order valence-electron chi connectivity index (χ3n) is 2.71. The van der Waals surface area contributed by atoms with Crippen molar-refractivity contribution >= 4 is 5.69 Å². The summed E-state index contributed by atoms with van der Waals surface area (Å²) in [5.74, 6) is 0. The molecule has 82 valence electrons. The minimum atomic E-state index is 0.460. The predicted molar refractivity (Wildman–Crippen MR) is 59.3 cm³/mol. The van der Waals surface area contributed by atoms with E-state index < -0.39 is 0 Å². The van der Waals surface area contributed by atoms with Gasteiger partial charge in [0.15, 0.2) is 0 Å². The molecule has 0 spiro atoms. The molecule has 1 saturated heterocycles. The lowest BCUT2D eigenvalue weighted by Crippen LogP contribution is -2.43. The highest BCUT2D eigenvalue weighted by atomic mass is 16.5. The van der Waals surface area contributed by atoms with Crippen LogP contribution in [0.15, 0.2) is 18.3 Å². The van der Waals surface area contributed by atoms with Crippen LogP contribution in [0.5, 0.6) is 0 Å². The topological polar surface area (TPSA) is 51.4 Å². The van der Waals surface area contributed by atoms with Crippen molar-refractivity contribution in [1.29, 1.82) is 0 Å². The van der Waals surface area contributed by atoms with Crippen LogP contribution in [-0.2, 0) is 11.3 Å². The summed E-state index contributed by atoms with van der Waals surface area (Å²) in [6.45, 7) is 5.62. The van der Waals surface area contributed by atoms with Crippen LogP contribution < -0.4 is 5.73 Å². The summed E-state index contributed by atoms with van der Waals surface area (Å²) < 4.78 is 5.39. The quantitative estimate of drug-likeness (QED) is 0.782. The number of anilines is 1. The third kappa shape index (κ3) is 2.67. The van der Waals surface area contributed by atoms with Crippen molar-refractivity contribution in [3.63, 3.8) is 0 Å². The van der Waals surface area contributed by atoms with E-state index in [9.17, 15) is 0 Å². The molecule has 1 aliphatic heterocycles. The molecule has 1 aromatic rings. The van der Waals surface area contributed by atoms with E-state index in [1.165, 1.54) is 0 Å². The molecule has 0 bridgehead atoms. The molecular formula is C11H17N3O. The highest BCUT2D eigenvalue weighted by Crippen LogP contribution is 2.11. The first kappa shape index (κ1) is 10.4. The van der Waals surface area contributed by atoms with Crippen LogP contribution in [0.25, 0.3) is 0 Å². The Morgan fingerprint density at radius 2 is 2.53 bits per heavy atom. The van der Waals surface area contributed by atoms with E-state index in [4.69, 9.17) is 10.5 Å². The van der Waals surface area contributed by atoms with Gasteiger partial charge in [0.25, 0.3) is 0 Å². The Hall–Kier alpha value is -1.13. The van der Waals surface area contributed by atoms with Gasteiger partial charge in [-0.15, -0.1) is 0 Å². The second-order valence-corrected chi connectivity index (χ2v) is 3.97. The number of aromatic nitrogens is 1. The second kappa shape index (κ2) is 4.59. The van der Waals surface area contributed by atoms with Crippen molar-refractivity contribution in [2.45, 2.75) is 19.5 Å². The molecule has 0 aromatic carbocycles. The first-order valence-corrected chi connectivity index (χ1v) is 5.28. The SMILES string of the molecule is C[C@H]1COCCN1Cc1cc(N)ccn1. The summed E-state index contributed by atoms with van der Waals surface area (Å²) in [6.07, 6.45) is 1.76. The van der Waals surface area contributed by atoms with Gasteiger partial charge in [-0.25, -0.2) is 0 Å². The average Bonchev–Trinajstić information content (AvgIpc) is 2.22. The van der Waals surface area contributed by atoms with Gasteiger partial charge >= 0.3 is 0 Å². The number of hydrogen-bond donors (Lipinski definition) is 1. The first-order chi connectivity index (χ1) is 7.25. The summed E-state index contributed by atoms with van der Waals surface area (Å²) >= 11 is 0. The zero-order chi connectivity index (χ0) is 10.7. The van der Waals surface area contributed by atoms with Gasteiger partial charge < -0.3 is 10.5 Å². The maximum Gasteiger partial charge on any atom is 0.0619 e. The molecule has 0 amide bonds. The fourth-order valence-electron chi connectivity index (χ4n) is 1.79. The van der Waals surface area contributed by atoms with Gasteiger partial charge in [0, 0.05) is 31.0 Å². The van der Waals surface area contributed by atoms with Crippen LogP contribution in [0.1, 0.15) is 12.6 Å². The molecule has 0 unspecified atom stereocenters. The van der Waals surface area contributed by atoms with Crippen LogP contribution in [0.3, 0.4) is 0 Å². The lowest BCUT2D eigenvalue weighted by molar-refractivity contribution is -0.00489. The number of morpholine rings is 1. The lowest BCUT2D eigenvalue weighted by Gasteiger charge is -2.32. The number of rotatable bonds is 2. The molecular weight excluding hydrogens is 190 g/mol. The van der Waals surface area contributed by atoms with Crippen molar-refractivity contribution in [3.05, 3.63) is 24.0 Å². The normalized spacial score (nSPS) is 22.9. The highest BCUT2D eigenvalue weighted by Gasteiger charge is 2.18. The standard InChI is InChI=1S/C11H17N3O/c1-9-8-15-5-4-14(9)7-11-6-10(12)2-3-13-11/h2-3,6,9H,4-5,7-8H2,1H3,(H2,12,13)/t9-/m0/s1. The van der Waals surface area contributed by atoms with Crippen molar-refractivity contribution in [1.82, 2.24) is 9.88 Å². The Morgan fingerprint density at radius 3 is 3.27 bits per heavy atom. The molecule has 1 aromatic heterocycles. The van der Waals surface area contributed by atoms with Gasteiger partial charge in [0.1, 0.15) is 0 Å². The molecule has 0 radical (unpaired) electrons. The number of nitrogens with two attached hydrogens (primary N) is 1. The maximum absolute atomic E-state index is 5.72. The van der Waals surface area contributed by atoms with E-state index in [0.29, 0.717) is 6.04 Å². The Labute approximate surface area is 90.0 Å². The maximum atomic E-state index is 5.72. The lowest BCUT2D eigenvalue weighted by atomic mass is 10.2. The molecule has 1 atom stereocenters. The van der Waals surface area contributed by atoms with Gasteiger partial charge in [-0.2, -0.15) is 0 Å². The Kier molecular flexibility index (Phi) is 3.18. The van der Waals surface area contributed by atoms with Crippen molar-refractivity contribution in [2.75, 3.05) is 25.5 Å². The Bertz CT molecular complexity index is 329. The number of ether oxygens (including phenoxy) is 1. The van der Waals surface area contributed by atoms with Crippen LogP contribution in [0.2, 0.25) is 0 Å². The van der Waals surface area contributed by atoms with E-state index in [0.717, 1.165) is 37.7 Å². The van der Waals surface area contributed by atoms with E-state index in [-0.39, 0.29) is 0 Å². The Balaban J connectivity index is 2.01. The summed E-state index contributed by atoms with van der Waals surface area (Å²) in [4.78, 5) is 6.67. The monoisotopic (exact) mass is 207 g/mol. The van der Waals surface area contributed by atoms with Crippen LogP contribution in [0, 0.1) is 0 Å². The smallest absolute Gasteiger partial charge is 0.0619 e. The summed E-state index contributed by atoms with van der Waals surface area (Å²) in [5, 5.41) is 0. The predicted octanol–water partition coefficient (Wildman–Crippen LogP) is 0.884. The largest absolute Gasteiger partial charge is 0.399 e. The van der Waals surface area contributed by atoms with Crippen molar-refractivity contribution in [2.24, 2.45) is 0 Å². The summed E-state index contributed by atoms with van der Waals surface area (Å²) in [6, 6.07) is 4.20. The van der Waals surface area contributed by atoms with Gasteiger partial charge in [0.2, 0.25) is 0 Å². The van der Waals surface area contributed by atoms with E-state index >= 15 is 0 Å². The molecule has 1 aliphatic rings. The number of nitrogen functional groups attached to an aromatic ring is 1. The fourth-order valence-corrected chi connectivity index (χ4v) is 1.79. The van der Waals surface area contributed by atoms with E-state index in [2.05, 4.69) is 16.8 Å². The van der Waals surface area contributed by atoms with Crippen LogP contribution in [-0.4, -0.2) is 35.7 Å². The van der Waals surface area contributed by atoms with Crippen molar-refractivity contribution in [3.8, 4) is 0 Å². The molecule has 0 aliphatic carbocycles. The molecule has 1 fully saturated rings. The molecule has 2 rings (SSSR count). The Morgan fingerprint density at radius 1 is 1.67 bits per heavy atom. The summed E-state index contributed by atoms with van der Waals surface area (Å²) in [5.41, 5.74) is 7.53. The fraction of sp³-hybridized carbons (Fsp3) is 0.545. The number of hydrogen-bond acceptors (Lipinski definition) is 4. The highest BCUT2D eigenvalue weighted by molar-refractivity contribution is 5.37. The minimum Gasteiger partial charge on any atom is -0.399 e. The second-order valence-electron chi connectivity index (χ2n) is 3.97. The van der Waals surface area contributed by atoms with Gasteiger partial charge in [-0.3, -0.25) is 9.88 Å². The molecule has 4 nitrogen and oxygen atoms in total. The summed E-state index contributed by atoms with van der Waals surface area (Å²) in [7, 11) is 0. The molecule has 2 N–H and O–H groups in total. The number of nitrogens with zero attached hydrogens (tertiary/aromatic N) is 2. The first-order valence-electron chi connectivity index (χ1n) is 5.28. The molecule has 15 heavy (non-hydrogen) atoms. The molecule has 4 heteroatoms. The molecule has 0 saturated carbocycles. The van der Waals surface area contributed by atoms with Crippen molar-refractivity contribution < 1.29 is 4.74 Å². The van der Waals surface area contributed by atoms with E-state index in [1.807, 2.05) is 12.1 Å².